The van der Waals surface area contributed by atoms with Crippen molar-refractivity contribution in [3.63, 3.8) is 0 Å². The molecule has 1 saturated heterocycles. The fourth-order valence-corrected chi connectivity index (χ4v) is 2.73. The number of morpholine rings is 1. The van der Waals surface area contributed by atoms with Gasteiger partial charge in [0.15, 0.2) is 0 Å². The molecule has 1 heterocycles. The molecule has 3 nitrogen and oxygen atoms in total. The van der Waals surface area contributed by atoms with Crippen molar-refractivity contribution in [3.05, 3.63) is 29.8 Å². The van der Waals surface area contributed by atoms with E-state index in [-0.39, 0.29) is 5.91 Å². The summed E-state index contributed by atoms with van der Waals surface area (Å²) in [5, 5.41) is 0.561. The second-order valence-corrected chi connectivity index (χ2v) is 6.25. The molecule has 0 N–H and O–H groups in total. The lowest BCUT2D eigenvalue weighted by Crippen LogP contribution is -2.40. The Morgan fingerprint density at radius 1 is 1.22 bits per heavy atom. The summed E-state index contributed by atoms with van der Waals surface area (Å²) in [4.78, 5) is 15.3. The van der Waals surface area contributed by atoms with Crippen LogP contribution in [0.3, 0.4) is 0 Å². The Labute approximate surface area is 113 Å². The van der Waals surface area contributed by atoms with Gasteiger partial charge in [0.05, 0.1) is 13.2 Å². The van der Waals surface area contributed by atoms with Crippen LogP contribution in [0.4, 0.5) is 0 Å². The summed E-state index contributed by atoms with van der Waals surface area (Å²) in [6, 6.07) is 7.89. The van der Waals surface area contributed by atoms with Crippen molar-refractivity contribution < 1.29 is 9.53 Å². The number of thioether (sulfide) groups is 1. The molecule has 1 aromatic rings. The number of hydrogen-bond donors (Lipinski definition) is 0. The summed E-state index contributed by atoms with van der Waals surface area (Å²) in [5.41, 5.74) is 0.769. The van der Waals surface area contributed by atoms with E-state index in [1.807, 2.05) is 40.9 Å². The van der Waals surface area contributed by atoms with Gasteiger partial charge in [0, 0.05) is 28.8 Å². The molecule has 0 aliphatic carbocycles. The van der Waals surface area contributed by atoms with Crippen molar-refractivity contribution >= 4 is 17.7 Å². The van der Waals surface area contributed by atoms with Crippen LogP contribution < -0.4 is 0 Å². The van der Waals surface area contributed by atoms with E-state index in [2.05, 4.69) is 13.8 Å². The SMILES string of the molecule is CC(C)Sc1ccc(C(=O)N2CCOCC2)cc1. The minimum absolute atomic E-state index is 0.111. The van der Waals surface area contributed by atoms with Gasteiger partial charge in [-0.3, -0.25) is 4.79 Å². The van der Waals surface area contributed by atoms with Crippen LogP contribution in [0.25, 0.3) is 0 Å². The Kier molecular flexibility index (Phi) is 4.66. The first-order valence-corrected chi connectivity index (χ1v) is 7.18. The number of hydrogen-bond acceptors (Lipinski definition) is 3. The zero-order valence-electron chi connectivity index (χ0n) is 10.9. The molecule has 4 heteroatoms. The van der Waals surface area contributed by atoms with E-state index in [0.717, 1.165) is 5.56 Å². The van der Waals surface area contributed by atoms with Gasteiger partial charge in [-0.25, -0.2) is 0 Å². The molecule has 0 spiro atoms. The fraction of sp³-hybridized carbons (Fsp3) is 0.500. The number of nitrogens with zero attached hydrogens (tertiary/aromatic N) is 1. The Morgan fingerprint density at radius 2 is 1.83 bits per heavy atom. The molecule has 1 amide bonds. The van der Waals surface area contributed by atoms with Gasteiger partial charge in [0.25, 0.3) is 5.91 Å². The number of carbonyl (C=O) groups is 1. The topological polar surface area (TPSA) is 29.5 Å². The summed E-state index contributed by atoms with van der Waals surface area (Å²) in [5.74, 6) is 0.111. The highest BCUT2D eigenvalue weighted by Crippen LogP contribution is 2.23. The average Bonchev–Trinajstić information content (AvgIpc) is 2.39. The first-order valence-electron chi connectivity index (χ1n) is 6.30. The second kappa shape index (κ2) is 6.25. The summed E-state index contributed by atoms with van der Waals surface area (Å²) >= 11 is 1.81. The van der Waals surface area contributed by atoms with Crippen molar-refractivity contribution in [1.29, 1.82) is 0 Å². The number of carbonyl (C=O) groups excluding carboxylic acids is 1. The molecular formula is C14H19NO2S. The van der Waals surface area contributed by atoms with Gasteiger partial charge in [-0.1, -0.05) is 13.8 Å². The minimum Gasteiger partial charge on any atom is -0.378 e. The van der Waals surface area contributed by atoms with Gasteiger partial charge in [0.2, 0.25) is 0 Å². The quantitative estimate of drug-likeness (QED) is 0.787. The molecule has 98 valence electrons. The maximum Gasteiger partial charge on any atom is 0.254 e. The zero-order valence-corrected chi connectivity index (χ0v) is 11.7. The average molecular weight is 265 g/mol. The van der Waals surface area contributed by atoms with Gasteiger partial charge >= 0.3 is 0 Å². The molecule has 2 rings (SSSR count). The summed E-state index contributed by atoms with van der Waals surface area (Å²) in [6.45, 7) is 7.01. The molecule has 0 aromatic heterocycles. The van der Waals surface area contributed by atoms with Crippen LogP contribution in [-0.2, 0) is 4.74 Å². The lowest BCUT2D eigenvalue weighted by molar-refractivity contribution is 0.0303. The lowest BCUT2D eigenvalue weighted by Gasteiger charge is -2.26. The van der Waals surface area contributed by atoms with Gasteiger partial charge in [-0.2, -0.15) is 0 Å². The normalized spacial score (nSPS) is 16.1. The third kappa shape index (κ3) is 3.50. The minimum atomic E-state index is 0.111. The van der Waals surface area contributed by atoms with Crippen LogP contribution in [0, 0.1) is 0 Å². The van der Waals surface area contributed by atoms with Crippen LogP contribution >= 0.6 is 11.8 Å². The second-order valence-electron chi connectivity index (χ2n) is 4.60. The fourth-order valence-electron chi connectivity index (χ4n) is 1.90. The molecule has 1 aliphatic rings. The lowest BCUT2D eigenvalue weighted by atomic mass is 10.2. The first-order chi connectivity index (χ1) is 8.66. The van der Waals surface area contributed by atoms with E-state index in [0.29, 0.717) is 31.6 Å². The third-order valence-corrected chi connectivity index (χ3v) is 3.79. The van der Waals surface area contributed by atoms with E-state index >= 15 is 0 Å². The third-order valence-electron chi connectivity index (χ3n) is 2.77. The Hall–Kier alpha value is -1.00. The molecule has 1 fully saturated rings. The van der Waals surface area contributed by atoms with Crippen LogP contribution in [0.2, 0.25) is 0 Å². The standard InChI is InChI=1S/C14H19NO2S/c1-11(2)18-13-5-3-12(4-6-13)14(16)15-7-9-17-10-8-15/h3-6,11H,7-10H2,1-2H3. The number of ether oxygens (including phenoxy) is 1. The first kappa shape index (κ1) is 13.4. The van der Waals surface area contributed by atoms with Crippen LogP contribution in [0.15, 0.2) is 29.2 Å². The van der Waals surface area contributed by atoms with E-state index < -0.39 is 0 Å². The molecule has 0 atom stereocenters. The number of amides is 1. The highest BCUT2D eigenvalue weighted by atomic mass is 32.2. The smallest absolute Gasteiger partial charge is 0.254 e. The molecule has 0 saturated carbocycles. The van der Waals surface area contributed by atoms with Crippen molar-refractivity contribution in [3.8, 4) is 0 Å². The van der Waals surface area contributed by atoms with Crippen LogP contribution in [-0.4, -0.2) is 42.4 Å². The monoisotopic (exact) mass is 265 g/mol. The van der Waals surface area contributed by atoms with E-state index in [4.69, 9.17) is 4.74 Å². The van der Waals surface area contributed by atoms with Crippen molar-refractivity contribution in [2.45, 2.75) is 24.0 Å². The molecule has 0 radical (unpaired) electrons. The van der Waals surface area contributed by atoms with Crippen molar-refractivity contribution in [1.82, 2.24) is 4.90 Å². The van der Waals surface area contributed by atoms with Crippen molar-refractivity contribution in [2.75, 3.05) is 26.3 Å². The Balaban J connectivity index is 2.02. The van der Waals surface area contributed by atoms with Gasteiger partial charge in [0.1, 0.15) is 0 Å². The maximum absolute atomic E-state index is 12.2. The molecule has 0 bridgehead atoms. The molecular weight excluding hydrogens is 246 g/mol. The highest BCUT2D eigenvalue weighted by Gasteiger charge is 2.18. The maximum atomic E-state index is 12.2. The summed E-state index contributed by atoms with van der Waals surface area (Å²) in [7, 11) is 0. The van der Waals surface area contributed by atoms with Crippen LogP contribution in [0.5, 0.6) is 0 Å². The molecule has 18 heavy (non-hydrogen) atoms. The largest absolute Gasteiger partial charge is 0.378 e. The zero-order chi connectivity index (χ0) is 13.0. The Bertz CT molecular complexity index is 397. The summed E-state index contributed by atoms with van der Waals surface area (Å²) in [6.07, 6.45) is 0. The van der Waals surface area contributed by atoms with Gasteiger partial charge in [-0.15, -0.1) is 11.8 Å². The van der Waals surface area contributed by atoms with E-state index in [1.54, 1.807) is 0 Å². The predicted molar refractivity (Wildman–Crippen MR) is 74.2 cm³/mol. The van der Waals surface area contributed by atoms with Gasteiger partial charge in [-0.05, 0) is 24.3 Å². The number of rotatable bonds is 3. The molecule has 1 aliphatic heterocycles. The summed E-state index contributed by atoms with van der Waals surface area (Å²) < 4.78 is 5.25. The molecule has 1 aromatic carbocycles. The number of benzene rings is 1. The van der Waals surface area contributed by atoms with Crippen LogP contribution in [0.1, 0.15) is 24.2 Å². The van der Waals surface area contributed by atoms with E-state index in [1.165, 1.54) is 4.90 Å². The van der Waals surface area contributed by atoms with E-state index in [9.17, 15) is 4.79 Å². The van der Waals surface area contributed by atoms with Crippen molar-refractivity contribution in [2.24, 2.45) is 0 Å². The van der Waals surface area contributed by atoms with Gasteiger partial charge < -0.3 is 9.64 Å². The Morgan fingerprint density at radius 3 is 2.39 bits per heavy atom. The predicted octanol–water partition coefficient (Wildman–Crippen LogP) is 2.66. The highest BCUT2D eigenvalue weighted by molar-refractivity contribution is 7.99. The molecule has 0 unspecified atom stereocenters.